The third-order valence-electron chi connectivity index (χ3n) is 3.48. The lowest BCUT2D eigenvalue weighted by Crippen LogP contribution is -2.36. The highest BCUT2D eigenvalue weighted by Gasteiger charge is 2.37. The predicted molar refractivity (Wildman–Crippen MR) is 89.4 cm³/mol. The standard InChI is InChI=1S/C15H16BrF2NO4S/c1-2-23-15(20)11-7-9(16)3-6-14(11)24(21,22)19-13-5-4-10(17)8-12(13)18/h4-5,7-9,14,19H,2-3,6H2,1H3. The van der Waals surface area contributed by atoms with Crippen LogP contribution >= 0.6 is 15.9 Å². The molecule has 0 saturated heterocycles. The number of nitrogens with one attached hydrogen (secondary N) is 1. The number of anilines is 1. The Morgan fingerprint density at radius 1 is 1.38 bits per heavy atom. The fraction of sp³-hybridized carbons (Fsp3) is 0.400. The molecule has 1 aromatic carbocycles. The Morgan fingerprint density at radius 3 is 2.71 bits per heavy atom. The van der Waals surface area contributed by atoms with Crippen LogP contribution in [0.1, 0.15) is 19.8 Å². The first-order valence-electron chi connectivity index (χ1n) is 7.24. The minimum Gasteiger partial charge on any atom is -0.463 e. The zero-order chi connectivity index (χ0) is 17.9. The van der Waals surface area contributed by atoms with Crippen LogP contribution in [0.2, 0.25) is 0 Å². The molecular weight excluding hydrogens is 408 g/mol. The van der Waals surface area contributed by atoms with E-state index < -0.39 is 32.9 Å². The summed E-state index contributed by atoms with van der Waals surface area (Å²) in [6, 6.07) is 2.51. The van der Waals surface area contributed by atoms with Crippen LogP contribution in [0.15, 0.2) is 29.8 Å². The average Bonchev–Trinajstić information content (AvgIpc) is 2.50. The highest BCUT2D eigenvalue weighted by molar-refractivity contribution is 9.09. The van der Waals surface area contributed by atoms with Gasteiger partial charge in [0.05, 0.1) is 17.9 Å². The minimum atomic E-state index is -4.11. The number of carbonyl (C=O) groups excluding carboxylic acids is 1. The van der Waals surface area contributed by atoms with Crippen molar-refractivity contribution in [2.75, 3.05) is 11.3 Å². The van der Waals surface area contributed by atoms with E-state index >= 15 is 0 Å². The number of benzene rings is 1. The molecule has 2 atom stereocenters. The van der Waals surface area contributed by atoms with E-state index in [9.17, 15) is 22.0 Å². The van der Waals surface area contributed by atoms with Crippen LogP contribution in [0.3, 0.4) is 0 Å². The van der Waals surface area contributed by atoms with Gasteiger partial charge in [0.15, 0.2) is 0 Å². The lowest BCUT2D eigenvalue weighted by Gasteiger charge is -2.25. The van der Waals surface area contributed by atoms with E-state index in [0.29, 0.717) is 12.5 Å². The number of halogens is 3. The first-order valence-corrected chi connectivity index (χ1v) is 9.70. The van der Waals surface area contributed by atoms with Crippen molar-refractivity contribution in [2.24, 2.45) is 0 Å². The zero-order valence-electron chi connectivity index (χ0n) is 12.8. The molecule has 0 saturated carbocycles. The van der Waals surface area contributed by atoms with Crippen molar-refractivity contribution >= 4 is 37.6 Å². The molecule has 1 aromatic rings. The molecule has 9 heteroatoms. The molecule has 0 aliphatic heterocycles. The second-order valence-electron chi connectivity index (χ2n) is 5.20. The molecule has 0 radical (unpaired) electrons. The lowest BCUT2D eigenvalue weighted by atomic mass is 9.99. The Bertz CT molecular complexity index is 767. The summed E-state index contributed by atoms with van der Waals surface area (Å²) in [5.41, 5.74) is -0.374. The monoisotopic (exact) mass is 423 g/mol. The summed E-state index contributed by atoms with van der Waals surface area (Å²) in [6.45, 7) is 1.72. The molecule has 0 amide bonds. The fourth-order valence-corrected chi connectivity index (χ4v) is 4.50. The van der Waals surface area contributed by atoms with Gasteiger partial charge in [0, 0.05) is 10.9 Å². The van der Waals surface area contributed by atoms with Gasteiger partial charge in [-0.1, -0.05) is 22.0 Å². The second kappa shape index (κ2) is 7.60. The van der Waals surface area contributed by atoms with Crippen molar-refractivity contribution in [1.82, 2.24) is 0 Å². The van der Waals surface area contributed by atoms with E-state index in [0.717, 1.165) is 12.1 Å². The molecule has 24 heavy (non-hydrogen) atoms. The Hall–Kier alpha value is -1.48. The summed E-state index contributed by atoms with van der Waals surface area (Å²) >= 11 is 3.33. The van der Waals surface area contributed by atoms with Gasteiger partial charge in [-0.3, -0.25) is 4.72 Å². The number of carbonyl (C=O) groups is 1. The van der Waals surface area contributed by atoms with Crippen LogP contribution in [0, 0.1) is 11.6 Å². The van der Waals surface area contributed by atoms with Gasteiger partial charge in [-0.15, -0.1) is 0 Å². The van der Waals surface area contributed by atoms with Crippen LogP contribution < -0.4 is 4.72 Å². The SMILES string of the molecule is CCOC(=O)C1=CC(Br)CCC1S(=O)(=O)Nc1ccc(F)cc1F. The van der Waals surface area contributed by atoms with E-state index in [1.54, 1.807) is 6.92 Å². The van der Waals surface area contributed by atoms with Crippen LogP contribution in [0.5, 0.6) is 0 Å². The number of sulfonamides is 1. The van der Waals surface area contributed by atoms with Gasteiger partial charge in [0.25, 0.3) is 0 Å². The summed E-state index contributed by atoms with van der Waals surface area (Å²) in [5.74, 6) is -2.58. The van der Waals surface area contributed by atoms with Gasteiger partial charge in [-0.05, 0) is 31.9 Å². The molecule has 5 nitrogen and oxygen atoms in total. The van der Waals surface area contributed by atoms with Gasteiger partial charge < -0.3 is 4.74 Å². The van der Waals surface area contributed by atoms with E-state index in [2.05, 4.69) is 20.7 Å². The molecule has 0 fully saturated rings. The van der Waals surface area contributed by atoms with Crippen LogP contribution in [-0.4, -0.2) is 31.1 Å². The average molecular weight is 424 g/mol. The third kappa shape index (κ3) is 4.32. The molecule has 2 unspecified atom stereocenters. The Balaban J connectivity index is 2.32. The van der Waals surface area contributed by atoms with E-state index in [4.69, 9.17) is 4.74 Å². The lowest BCUT2D eigenvalue weighted by molar-refractivity contribution is -0.138. The predicted octanol–water partition coefficient (Wildman–Crippen LogP) is 3.12. The summed E-state index contributed by atoms with van der Waals surface area (Å²) in [6.07, 6.45) is 2.14. The molecule has 0 aromatic heterocycles. The van der Waals surface area contributed by atoms with Gasteiger partial charge in [0.2, 0.25) is 10.0 Å². The maximum atomic E-state index is 13.7. The zero-order valence-corrected chi connectivity index (χ0v) is 15.2. The molecule has 1 aliphatic carbocycles. The van der Waals surface area contributed by atoms with Crippen LogP contribution in [0.4, 0.5) is 14.5 Å². The summed E-state index contributed by atoms with van der Waals surface area (Å²) < 4.78 is 58.8. The highest BCUT2D eigenvalue weighted by atomic mass is 79.9. The number of ether oxygens (including phenoxy) is 1. The molecule has 1 N–H and O–H groups in total. The highest BCUT2D eigenvalue weighted by Crippen LogP contribution is 2.30. The molecular formula is C15H16BrF2NO4S. The molecule has 0 heterocycles. The van der Waals surface area contributed by atoms with Crippen molar-refractivity contribution in [3.05, 3.63) is 41.5 Å². The summed E-state index contributed by atoms with van der Waals surface area (Å²) in [5, 5.41) is -1.17. The van der Waals surface area contributed by atoms with Gasteiger partial charge in [-0.25, -0.2) is 22.0 Å². The topological polar surface area (TPSA) is 72.5 Å². The summed E-state index contributed by atoms with van der Waals surface area (Å²) in [4.78, 5) is 11.9. The number of esters is 1. The van der Waals surface area contributed by atoms with Crippen molar-refractivity contribution in [3.8, 4) is 0 Å². The van der Waals surface area contributed by atoms with Gasteiger partial charge in [-0.2, -0.15) is 0 Å². The Labute approximate surface area is 147 Å². The third-order valence-corrected chi connectivity index (χ3v) is 5.95. The van der Waals surface area contributed by atoms with Gasteiger partial charge in [0.1, 0.15) is 16.9 Å². The molecule has 2 rings (SSSR count). The number of allylic oxidation sites excluding steroid dienone is 1. The number of hydrogen-bond acceptors (Lipinski definition) is 4. The normalized spacial score (nSPS) is 21.1. The minimum absolute atomic E-state index is 0.00000478. The fourth-order valence-electron chi connectivity index (χ4n) is 2.38. The maximum Gasteiger partial charge on any atom is 0.335 e. The summed E-state index contributed by atoms with van der Waals surface area (Å²) in [7, 11) is -4.11. The van der Waals surface area contributed by atoms with Crippen molar-refractivity contribution in [2.45, 2.75) is 29.8 Å². The number of rotatable bonds is 5. The van der Waals surface area contributed by atoms with Crippen LogP contribution in [0.25, 0.3) is 0 Å². The largest absolute Gasteiger partial charge is 0.463 e. The van der Waals surface area contributed by atoms with E-state index in [1.165, 1.54) is 6.08 Å². The van der Waals surface area contributed by atoms with Crippen molar-refractivity contribution in [3.63, 3.8) is 0 Å². The molecule has 0 bridgehead atoms. The Kier molecular flexibility index (Phi) is 5.97. The first-order chi connectivity index (χ1) is 11.2. The number of hydrogen-bond donors (Lipinski definition) is 1. The second-order valence-corrected chi connectivity index (χ2v) is 8.24. The first kappa shape index (κ1) is 18.9. The quantitative estimate of drug-likeness (QED) is 0.583. The van der Waals surface area contributed by atoms with Crippen molar-refractivity contribution in [1.29, 1.82) is 0 Å². The molecule has 132 valence electrons. The Morgan fingerprint density at radius 2 is 2.08 bits per heavy atom. The smallest absolute Gasteiger partial charge is 0.335 e. The number of alkyl halides is 1. The molecule has 0 spiro atoms. The van der Waals surface area contributed by atoms with E-state index in [-0.39, 0.29) is 29.1 Å². The van der Waals surface area contributed by atoms with Crippen molar-refractivity contribution < 1.29 is 26.7 Å². The van der Waals surface area contributed by atoms with E-state index in [1.807, 2.05) is 0 Å². The maximum absolute atomic E-state index is 13.7. The van der Waals surface area contributed by atoms with Crippen LogP contribution in [-0.2, 0) is 19.6 Å². The molecule has 1 aliphatic rings. The van der Waals surface area contributed by atoms with Gasteiger partial charge >= 0.3 is 5.97 Å².